The molecule has 9 heteroatoms. The van der Waals surface area contributed by atoms with Crippen molar-refractivity contribution in [2.45, 2.75) is 4.90 Å². The highest BCUT2D eigenvalue weighted by molar-refractivity contribution is 8.00. The molecule has 0 fully saturated rings. The van der Waals surface area contributed by atoms with Crippen molar-refractivity contribution in [3.63, 3.8) is 0 Å². The zero-order valence-corrected chi connectivity index (χ0v) is 12.9. The molecule has 2 rings (SSSR count). The summed E-state index contributed by atoms with van der Waals surface area (Å²) >= 11 is 1.02. The molecular formula is C15H14N2O6S. The third-order valence-electron chi connectivity index (χ3n) is 2.86. The van der Waals surface area contributed by atoms with E-state index in [1.54, 1.807) is 24.3 Å². The number of aliphatic hydroxyl groups excluding tert-OH is 1. The van der Waals surface area contributed by atoms with Crippen LogP contribution < -0.4 is 10.2 Å². The Labute approximate surface area is 140 Å². The van der Waals surface area contributed by atoms with E-state index in [0.717, 1.165) is 30.2 Å². The summed E-state index contributed by atoms with van der Waals surface area (Å²) in [7, 11) is 0. The van der Waals surface area contributed by atoms with Gasteiger partial charge >= 0.3 is 0 Å². The second-order valence-electron chi connectivity index (χ2n) is 4.60. The van der Waals surface area contributed by atoms with Crippen LogP contribution in [0.5, 0.6) is 17.2 Å². The zero-order valence-electron chi connectivity index (χ0n) is 12.1. The van der Waals surface area contributed by atoms with Gasteiger partial charge in [-0.2, -0.15) is 0 Å². The van der Waals surface area contributed by atoms with E-state index in [0.29, 0.717) is 10.5 Å². The molecule has 24 heavy (non-hydrogen) atoms. The number of amides is 1. The molecule has 0 radical (unpaired) electrons. The van der Waals surface area contributed by atoms with E-state index < -0.39 is 5.91 Å². The first kappa shape index (κ1) is 17.3. The van der Waals surface area contributed by atoms with Gasteiger partial charge in [0.15, 0.2) is 0 Å². The minimum Gasteiger partial charge on any atom is -0.508 e. The van der Waals surface area contributed by atoms with Crippen LogP contribution in [0.3, 0.4) is 0 Å². The van der Waals surface area contributed by atoms with Gasteiger partial charge in [0, 0.05) is 28.7 Å². The summed E-state index contributed by atoms with van der Waals surface area (Å²) in [6.45, 7) is 0. The standard InChI is InChI=1S/C15H14N2O6S/c18-9-5-12(20)15(13(21)6-9)17-24-10-3-1-2-8(4-10)11(19)7-14(22)16-23/h1-7,17-21,23H,(H,16,22)/b11-7-. The van der Waals surface area contributed by atoms with Gasteiger partial charge in [0.2, 0.25) is 0 Å². The van der Waals surface area contributed by atoms with Crippen LogP contribution in [0.2, 0.25) is 0 Å². The molecule has 0 saturated carbocycles. The van der Waals surface area contributed by atoms with Crippen molar-refractivity contribution in [1.82, 2.24) is 5.48 Å². The molecule has 7 N–H and O–H groups in total. The Kier molecular flexibility index (Phi) is 5.40. The fourth-order valence-electron chi connectivity index (χ4n) is 1.77. The number of carbonyl (C=O) groups excluding carboxylic acids is 1. The minimum atomic E-state index is -0.873. The monoisotopic (exact) mass is 350 g/mol. The van der Waals surface area contributed by atoms with Gasteiger partial charge in [-0.25, -0.2) is 5.48 Å². The van der Waals surface area contributed by atoms with Gasteiger partial charge in [0.05, 0.1) is 0 Å². The van der Waals surface area contributed by atoms with Crippen molar-refractivity contribution in [3.05, 3.63) is 48.0 Å². The molecule has 0 aliphatic carbocycles. The van der Waals surface area contributed by atoms with Crippen molar-refractivity contribution in [3.8, 4) is 17.2 Å². The lowest BCUT2D eigenvalue weighted by atomic mass is 10.2. The lowest BCUT2D eigenvalue weighted by Crippen LogP contribution is -2.15. The molecule has 0 spiro atoms. The summed E-state index contributed by atoms with van der Waals surface area (Å²) in [5.74, 6) is -2.17. The number of hydrogen-bond acceptors (Lipinski definition) is 8. The van der Waals surface area contributed by atoms with E-state index in [2.05, 4.69) is 4.72 Å². The Hall–Kier alpha value is -3.04. The SMILES string of the molecule is O=C(/C=C(\O)c1cccc(SNc2c(O)cc(O)cc2O)c1)NO. The average Bonchev–Trinajstić information content (AvgIpc) is 2.54. The number of phenols is 3. The van der Waals surface area contributed by atoms with Gasteiger partial charge in [0.25, 0.3) is 5.91 Å². The number of nitrogens with one attached hydrogen (secondary N) is 2. The second-order valence-corrected chi connectivity index (χ2v) is 5.48. The third kappa shape index (κ3) is 4.24. The third-order valence-corrected chi connectivity index (χ3v) is 3.66. The summed E-state index contributed by atoms with van der Waals surface area (Å²) in [6, 6.07) is 8.55. The first-order chi connectivity index (χ1) is 11.4. The van der Waals surface area contributed by atoms with Crippen molar-refractivity contribution in [2.75, 3.05) is 4.72 Å². The second kappa shape index (κ2) is 7.49. The molecule has 2 aromatic carbocycles. The molecule has 0 aliphatic rings. The van der Waals surface area contributed by atoms with Gasteiger partial charge in [-0.1, -0.05) is 12.1 Å². The molecule has 0 aromatic heterocycles. The van der Waals surface area contributed by atoms with Crippen molar-refractivity contribution in [2.24, 2.45) is 0 Å². The van der Waals surface area contributed by atoms with E-state index in [1.807, 2.05) is 0 Å². The lowest BCUT2D eigenvalue weighted by molar-refractivity contribution is -0.124. The van der Waals surface area contributed by atoms with Crippen LogP contribution in [0, 0.1) is 0 Å². The summed E-state index contributed by atoms with van der Waals surface area (Å²) in [6.07, 6.45) is 0.814. The van der Waals surface area contributed by atoms with E-state index in [9.17, 15) is 25.2 Å². The van der Waals surface area contributed by atoms with Crippen LogP contribution in [-0.4, -0.2) is 31.5 Å². The Morgan fingerprint density at radius 3 is 2.38 bits per heavy atom. The van der Waals surface area contributed by atoms with Crippen LogP contribution in [-0.2, 0) is 4.79 Å². The van der Waals surface area contributed by atoms with Crippen molar-refractivity contribution >= 4 is 29.3 Å². The van der Waals surface area contributed by atoms with E-state index in [-0.39, 0.29) is 28.7 Å². The molecule has 0 atom stereocenters. The molecule has 0 unspecified atom stereocenters. The van der Waals surface area contributed by atoms with E-state index >= 15 is 0 Å². The smallest absolute Gasteiger partial charge is 0.271 e. The number of aromatic hydroxyl groups is 3. The molecule has 0 bridgehead atoms. The molecular weight excluding hydrogens is 336 g/mol. The van der Waals surface area contributed by atoms with E-state index in [4.69, 9.17) is 5.21 Å². The Bertz CT molecular complexity index is 770. The van der Waals surface area contributed by atoms with Gasteiger partial charge < -0.3 is 25.1 Å². The van der Waals surface area contributed by atoms with Gasteiger partial charge in [-0.15, -0.1) is 0 Å². The maximum atomic E-state index is 11.0. The van der Waals surface area contributed by atoms with Crippen LogP contribution in [0.1, 0.15) is 5.56 Å². The number of rotatable bonds is 5. The van der Waals surface area contributed by atoms with Crippen LogP contribution in [0.15, 0.2) is 47.4 Å². The summed E-state index contributed by atoms with van der Waals surface area (Å²) < 4.78 is 2.73. The predicted octanol–water partition coefficient (Wildman–Crippen LogP) is 2.33. The molecule has 0 heterocycles. The summed E-state index contributed by atoms with van der Waals surface area (Å²) in [4.78, 5) is 11.6. The Morgan fingerprint density at radius 2 is 1.75 bits per heavy atom. The van der Waals surface area contributed by atoms with Gasteiger partial charge in [-0.05, 0) is 24.1 Å². The maximum Gasteiger partial charge on any atom is 0.271 e. The van der Waals surface area contributed by atoms with Crippen LogP contribution in [0.25, 0.3) is 5.76 Å². The molecule has 0 saturated heterocycles. The normalized spacial score (nSPS) is 11.1. The largest absolute Gasteiger partial charge is 0.508 e. The summed E-state index contributed by atoms with van der Waals surface area (Å²) in [5.41, 5.74) is 1.72. The van der Waals surface area contributed by atoms with Crippen molar-refractivity contribution < 1.29 is 30.4 Å². The number of carbonyl (C=O) groups is 1. The molecule has 0 aliphatic heterocycles. The molecule has 126 valence electrons. The highest BCUT2D eigenvalue weighted by Crippen LogP contribution is 2.39. The molecule has 1 amide bonds. The first-order valence-corrected chi connectivity index (χ1v) is 7.35. The van der Waals surface area contributed by atoms with E-state index in [1.165, 1.54) is 5.48 Å². The number of hydroxylamine groups is 1. The number of aliphatic hydroxyl groups is 1. The predicted molar refractivity (Wildman–Crippen MR) is 87.9 cm³/mol. The van der Waals surface area contributed by atoms with Gasteiger partial charge in [0.1, 0.15) is 28.7 Å². The number of benzene rings is 2. The highest BCUT2D eigenvalue weighted by atomic mass is 32.2. The quantitative estimate of drug-likeness (QED) is 0.0828. The first-order valence-electron chi connectivity index (χ1n) is 6.53. The maximum absolute atomic E-state index is 11.0. The summed E-state index contributed by atoms with van der Waals surface area (Å²) in [5, 5.41) is 46.9. The van der Waals surface area contributed by atoms with Gasteiger partial charge in [-0.3, -0.25) is 10.0 Å². The average molecular weight is 350 g/mol. The topological polar surface area (TPSA) is 142 Å². The fourth-order valence-corrected chi connectivity index (χ4v) is 2.53. The number of anilines is 1. The molecule has 8 nitrogen and oxygen atoms in total. The number of hydrogen-bond donors (Lipinski definition) is 7. The van der Waals surface area contributed by atoms with Crippen LogP contribution in [0.4, 0.5) is 5.69 Å². The molecule has 2 aromatic rings. The zero-order chi connectivity index (χ0) is 17.7. The van der Waals surface area contributed by atoms with Crippen molar-refractivity contribution in [1.29, 1.82) is 0 Å². The Balaban J connectivity index is 2.16. The lowest BCUT2D eigenvalue weighted by Gasteiger charge is -2.10. The number of phenolic OH excluding ortho intramolecular Hbond substituents is 3. The van der Waals surface area contributed by atoms with Crippen LogP contribution >= 0.6 is 11.9 Å². The fraction of sp³-hybridized carbons (Fsp3) is 0. The highest BCUT2D eigenvalue weighted by Gasteiger charge is 2.10. The Morgan fingerprint density at radius 1 is 1.08 bits per heavy atom. The minimum absolute atomic E-state index is 0.0163.